The van der Waals surface area contributed by atoms with Gasteiger partial charge >= 0.3 is 0 Å². The van der Waals surface area contributed by atoms with Gasteiger partial charge in [-0.3, -0.25) is 0 Å². The second kappa shape index (κ2) is 5.27. The maximum Gasteiger partial charge on any atom is 0.0825 e. The summed E-state index contributed by atoms with van der Waals surface area (Å²) in [7, 11) is -0.950. The van der Waals surface area contributed by atoms with Crippen molar-refractivity contribution in [1.82, 2.24) is 4.90 Å². The largest absolute Gasteiger partial charge is 0.374 e. The van der Waals surface area contributed by atoms with E-state index in [0.29, 0.717) is 0 Å². The molecule has 2 heterocycles. The zero-order chi connectivity index (χ0) is 12.4. The highest BCUT2D eigenvalue weighted by Gasteiger charge is 2.26. The molecule has 0 radical (unpaired) electrons. The Kier molecular flexibility index (Phi) is 3.50. The molecule has 1 fully saturated rings. The first kappa shape index (κ1) is 12.0. The van der Waals surface area contributed by atoms with E-state index in [-0.39, 0.29) is 0 Å². The minimum atomic E-state index is -0.950. The Balaban J connectivity index is 1.94. The zero-order valence-electron chi connectivity index (χ0n) is 10.6. The van der Waals surface area contributed by atoms with Crippen LogP contribution in [0.2, 0.25) is 0 Å². The number of benzene rings is 1. The normalized spacial score (nSPS) is 21.7. The Morgan fingerprint density at radius 1 is 0.944 bits per heavy atom. The van der Waals surface area contributed by atoms with E-state index in [9.17, 15) is 4.21 Å². The third-order valence-corrected chi connectivity index (χ3v) is 5.40. The van der Waals surface area contributed by atoms with Crippen LogP contribution in [-0.4, -0.2) is 22.2 Å². The van der Waals surface area contributed by atoms with Crippen molar-refractivity contribution in [3.63, 3.8) is 0 Å². The summed E-state index contributed by atoms with van der Waals surface area (Å²) in [5.74, 6) is 0. The first-order valence-corrected chi connectivity index (χ1v) is 7.95. The van der Waals surface area contributed by atoms with E-state index < -0.39 is 10.8 Å². The van der Waals surface area contributed by atoms with E-state index in [0.717, 1.165) is 37.2 Å². The molecule has 1 atom stereocenters. The van der Waals surface area contributed by atoms with Crippen LogP contribution >= 0.6 is 0 Å². The summed E-state index contributed by atoms with van der Waals surface area (Å²) in [6, 6.07) is 9.88. The molecule has 1 unspecified atom stereocenters. The fraction of sp³-hybridized carbons (Fsp3) is 0.467. The number of nitrogens with zero attached hydrogens (tertiary/aromatic N) is 1. The van der Waals surface area contributed by atoms with Crippen LogP contribution in [0.5, 0.6) is 0 Å². The molecule has 3 rings (SSSR count). The van der Waals surface area contributed by atoms with Crippen LogP contribution in [0.15, 0.2) is 45.8 Å². The van der Waals surface area contributed by atoms with Gasteiger partial charge in [0, 0.05) is 28.6 Å². The molecule has 1 aromatic rings. The highest BCUT2D eigenvalue weighted by molar-refractivity contribution is 7.89. The summed E-state index contributed by atoms with van der Waals surface area (Å²) in [6.45, 7) is 2.32. The summed E-state index contributed by atoms with van der Waals surface area (Å²) in [5.41, 5.74) is 1.38. The van der Waals surface area contributed by atoms with E-state index in [2.05, 4.69) is 4.90 Å². The van der Waals surface area contributed by atoms with Crippen LogP contribution in [0.3, 0.4) is 0 Å². The first-order valence-electron chi connectivity index (χ1n) is 6.80. The summed E-state index contributed by atoms with van der Waals surface area (Å²) >= 11 is 0. The van der Waals surface area contributed by atoms with Gasteiger partial charge in [0.25, 0.3) is 0 Å². The average Bonchev–Trinajstić information content (AvgIpc) is 2.47. The number of fused-ring (bicyclic) bond motifs is 1. The predicted molar refractivity (Wildman–Crippen MR) is 74.5 cm³/mol. The second-order valence-electron chi connectivity index (χ2n) is 5.00. The summed E-state index contributed by atoms with van der Waals surface area (Å²) in [6.07, 6.45) is 5.81. The van der Waals surface area contributed by atoms with Gasteiger partial charge in [-0.1, -0.05) is 18.2 Å². The van der Waals surface area contributed by atoms with Crippen molar-refractivity contribution in [1.29, 1.82) is 0 Å². The Morgan fingerprint density at radius 3 is 2.56 bits per heavy atom. The molecule has 0 spiro atoms. The summed E-state index contributed by atoms with van der Waals surface area (Å²) in [4.78, 5) is 4.60. The lowest BCUT2D eigenvalue weighted by molar-refractivity contribution is 0.271. The number of rotatable bonds is 2. The second-order valence-corrected chi connectivity index (χ2v) is 6.50. The third kappa shape index (κ3) is 2.24. The average molecular weight is 261 g/mol. The van der Waals surface area contributed by atoms with Gasteiger partial charge in [0.1, 0.15) is 0 Å². The van der Waals surface area contributed by atoms with E-state index >= 15 is 0 Å². The van der Waals surface area contributed by atoms with Gasteiger partial charge in [0.05, 0.1) is 10.8 Å². The fourth-order valence-corrected chi connectivity index (χ4v) is 4.38. The van der Waals surface area contributed by atoms with Gasteiger partial charge in [-0.2, -0.15) is 0 Å². The first-order chi connectivity index (χ1) is 8.86. The van der Waals surface area contributed by atoms with Crippen LogP contribution in [-0.2, 0) is 10.8 Å². The van der Waals surface area contributed by atoms with E-state index in [1.54, 1.807) is 0 Å². The maximum atomic E-state index is 12.7. The smallest absolute Gasteiger partial charge is 0.0825 e. The quantitative estimate of drug-likeness (QED) is 0.814. The monoisotopic (exact) mass is 261 g/mol. The highest BCUT2D eigenvalue weighted by atomic mass is 32.2. The lowest BCUT2D eigenvalue weighted by Crippen LogP contribution is -2.33. The number of hydrogen-bond acceptors (Lipinski definition) is 2. The van der Waals surface area contributed by atoms with Crippen LogP contribution in [0.25, 0.3) is 0 Å². The van der Waals surface area contributed by atoms with Crippen molar-refractivity contribution in [2.24, 2.45) is 0 Å². The number of allylic oxidation sites excluding steroid dienone is 2. The van der Waals surface area contributed by atoms with Crippen molar-refractivity contribution >= 4 is 10.8 Å². The minimum absolute atomic E-state index is 0.950. The SMILES string of the molecule is O=S(C1=C2CCCCN2CCC1)c1ccccc1. The summed E-state index contributed by atoms with van der Waals surface area (Å²) < 4.78 is 12.7. The van der Waals surface area contributed by atoms with Gasteiger partial charge < -0.3 is 4.90 Å². The van der Waals surface area contributed by atoms with Gasteiger partial charge in [0.15, 0.2) is 0 Å². The minimum Gasteiger partial charge on any atom is -0.374 e. The third-order valence-electron chi connectivity index (χ3n) is 3.81. The van der Waals surface area contributed by atoms with Gasteiger partial charge in [0.2, 0.25) is 0 Å². The molecule has 1 saturated heterocycles. The molecule has 0 N–H and O–H groups in total. The Hall–Kier alpha value is -1.09. The van der Waals surface area contributed by atoms with Gasteiger partial charge in [-0.25, -0.2) is 4.21 Å². The lowest BCUT2D eigenvalue weighted by Gasteiger charge is -2.37. The molecule has 3 heteroatoms. The molecular formula is C15H19NOS. The zero-order valence-corrected chi connectivity index (χ0v) is 11.4. The predicted octanol–water partition coefficient (Wildman–Crippen LogP) is 3.29. The van der Waals surface area contributed by atoms with Crippen LogP contribution in [0.1, 0.15) is 32.1 Å². The maximum absolute atomic E-state index is 12.7. The molecule has 2 aliphatic heterocycles. The van der Waals surface area contributed by atoms with E-state index in [1.807, 2.05) is 30.3 Å². The topological polar surface area (TPSA) is 20.3 Å². The molecular weight excluding hydrogens is 242 g/mol. The van der Waals surface area contributed by atoms with Crippen LogP contribution in [0, 0.1) is 0 Å². The molecule has 0 amide bonds. The lowest BCUT2D eigenvalue weighted by atomic mass is 10.0. The molecule has 18 heavy (non-hydrogen) atoms. The highest BCUT2D eigenvalue weighted by Crippen LogP contribution is 2.33. The van der Waals surface area contributed by atoms with Crippen molar-refractivity contribution in [3.8, 4) is 0 Å². The van der Waals surface area contributed by atoms with Gasteiger partial charge in [-0.05, 0) is 44.2 Å². The van der Waals surface area contributed by atoms with Crippen molar-refractivity contribution < 1.29 is 4.21 Å². The standard InChI is InChI=1S/C15H19NOS/c17-18(13-7-2-1-3-8-13)15-10-6-12-16-11-5-4-9-14(15)16/h1-3,7-8H,4-6,9-12H2. The molecule has 0 aliphatic carbocycles. The molecule has 0 saturated carbocycles. The van der Waals surface area contributed by atoms with Crippen LogP contribution < -0.4 is 0 Å². The Bertz CT molecular complexity index is 481. The molecule has 2 nitrogen and oxygen atoms in total. The molecule has 96 valence electrons. The molecule has 2 aliphatic rings. The number of piperidine rings is 1. The number of hydrogen-bond donors (Lipinski definition) is 0. The Morgan fingerprint density at radius 2 is 1.72 bits per heavy atom. The molecule has 1 aromatic carbocycles. The summed E-state index contributed by atoms with van der Waals surface area (Å²) in [5, 5.41) is 0. The van der Waals surface area contributed by atoms with E-state index in [1.165, 1.54) is 23.4 Å². The van der Waals surface area contributed by atoms with Gasteiger partial charge in [-0.15, -0.1) is 0 Å². The van der Waals surface area contributed by atoms with Crippen LogP contribution in [0.4, 0.5) is 0 Å². The fourth-order valence-electron chi connectivity index (χ4n) is 2.91. The van der Waals surface area contributed by atoms with Crippen molar-refractivity contribution in [3.05, 3.63) is 40.9 Å². The Labute approximate surface area is 111 Å². The van der Waals surface area contributed by atoms with Crippen molar-refractivity contribution in [2.45, 2.75) is 37.0 Å². The van der Waals surface area contributed by atoms with E-state index in [4.69, 9.17) is 0 Å². The van der Waals surface area contributed by atoms with Crippen molar-refractivity contribution in [2.75, 3.05) is 13.1 Å². The molecule has 0 bridgehead atoms. The molecule has 0 aromatic heterocycles.